The summed E-state index contributed by atoms with van der Waals surface area (Å²) in [6.45, 7) is 7.91. The van der Waals surface area contributed by atoms with E-state index in [2.05, 4.69) is 5.32 Å². The second-order valence-electron chi connectivity index (χ2n) is 5.95. The van der Waals surface area contributed by atoms with Crippen LogP contribution in [0.25, 0.3) is 0 Å². The van der Waals surface area contributed by atoms with Crippen LogP contribution in [0.2, 0.25) is 0 Å². The summed E-state index contributed by atoms with van der Waals surface area (Å²) in [6, 6.07) is 4.61. The number of halogens is 1. The molecule has 0 aliphatic carbocycles. The Hall–Kier alpha value is -1.42. The fourth-order valence-electron chi connectivity index (χ4n) is 1.91. The quantitative estimate of drug-likeness (QED) is 0.877. The van der Waals surface area contributed by atoms with E-state index in [9.17, 15) is 9.18 Å². The fraction of sp³-hybridized carbons (Fsp3) is 0.533. The van der Waals surface area contributed by atoms with Crippen LogP contribution in [0.3, 0.4) is 0 Å². The third-order valence-electron chi connectivity index (χ3n) is 2.92. The Labute approximate surface area is 114 Å². The number of nitrogens with two attached hydrogens (primary N) is 1. The van der Waals surface area contributed by atoms with Crippen LogP contribution in [0.4, 0.5) is 4.39 Å². The molecule has 1 unspecified atom stereocenters. The Kier molecular flexibility index (Phi) is 5.06. The van der Waals surface area contributed by atoms with Crippen LogP contribution < -0.4 is 11.1 Å². The van der Waals surface area contributed by atoms with Crippen molar-refractivity contribution in [1.29, 1.82) is 0 Å². The highest BCUT2D eigenvalue weighted by atomic mass is 19.1. The number of carbonyl (C=O) groups excluding carboxylic acids is 1. The van der Waals surface area contributed by atoms with Crippen LogP contribution in [0.5, 0.6) is 0 Å². The molecule has 19 heavy (non-hydrogen) atoms. The number of hydrogen-bond donors (Lipinski definition) is 2. The van der Waals surface area contributed by atoms with Crippen molar-refractivity contribution in [2.45, 2.75) is 39.7 Å². The normalized spacial score (nSPS) is 13.2. The van der Waals surface area contributed by atoms with Gasteiger partial charge in [-0.1, -0.05) is 6.07 Å². The van der Waals surface area contributed by atoms with Gasteiger partial charge in [0.1, 0.15) is 5.82 Å². The largest absolute Gasteiger partial charge is 0.351 e. The molecule has 0 aliphatic heterocycles. The van der Waals surface area contributed by atoms with Crippen molar-refractivity contribution in [3.8, 4) is 0 Å². The topological polar surface area (TPSA) is 55.1 Å². The van der Waals surface area contributed by atoms with E-state index in [0.717, 1.165) is 11.1 Å². The maximum atomic E-state index is 13.0. The average Bonchev–Trinajstić information content (AvgIpc) is 2.25. The van der Waals surface area contributed by atoms with Crippen molar-refractivity contribution < 1.29 is 9.18 Å². The van der Waals surface area contributed by atoms with E-state index in [4.69, 9.17) is 5.73 Å². The van der Waals surface area contributed by atoms with Gasteiger partial charge >= 0.3 is 0 Å². The van der Waals surface area contributed by atoms with E-state index in [1.165, 1.54) is 12.1 Å². The third kappa shape index (κ3) is 4.99. The zero-order valence-corrected chi connectivity index (χ0v) is 12.1. The Bertz CT molecular complexity index is 452. The van der Waals surface area contributed by atoms with Crippen molar-refractivity contribution in [3.05, 3.63) is 35.1 Å². The lowest BCUT2D eigenvalue weighted by Crippen LogP contribution is -2.46. The van der Waals surface area contributed by atoms with Gasteiger partial charge in [-0.25, -0.2) is 4.39 Å². The summed E-state index contributed by atoms with van der Waals surface area (Å²) >= 11 is 0. The van der Waals surface area contributed by atoms with Gasteiger partial charge in [0, 0.05) is 12.1 Å². The average molecular weight is 266 g/mol. The summed E-state index contributed by atoms with van der Waals surface area (Å²) in [4.78, 5) is 12.1. The Morgan fingerprint density at radius 1 is 1.42 bits per heavy atom. The molecule has 0 heterocycles. The second-order valence-corrected chi connectivity index (χ2v) is 5.95. The molecule has 106 valence electrons. The molecule has 0 spiro atoms. The van der Waals surface area contributed by atoms with Crippen molar-refractivity contribution in [1.82, 2.24) is 5.32 Å². The van der Waals surface area contributed by atoms with Crippen LogP contribution >= 0.6 is 0 Å². The number of hydrogen-bond acceptors (Lipinski definition) is 2. The monoisotopic (exact) mass is 266 g/mol. The molecular formula is C15H23FN2O. The summed E-state index contributed by atoms with van der Waals surface area (Å²) < 4.78 is 13.0. The zero-order valence-electron chi connectivity index (χ0n) is 12.1. The van der Waals surface area contributed by atoms with Gasteiger partial charge in [-0.15, -0.1) is 0 Å². The van der Waals surface area contributed by atoms with Gasteiger partial charge < -0.3 is 11.1 Å². The molecule has 1 amide bonds. The molecule has 1 aromatic rings. The van der Waals surface area contributed by atoms with Gasteiger partial charge in [-0.2, -0.15) is 0 Å². The van der Waals surface area contributed by atoms with Crippen molar-refractivity contribution >= 4 is 5.91 Å². The predicted octanol–water partition coefficient (Wildman–Crippen LogP) is 2.17. The van der Waals surface area contributed by atoms with Gasteiger partial charge in [0.25, 0.3) is 0 Å². The summed E-state index contributed by atoms with van der Waals surface area (Å²) in [5.74, 6) is -0.605. The molecule has 1 aromatic carbocycles. The molecule has 0 aliphatic rings. The van der Waals surface area contributed by atoms with E-state index in [1.807, 2.05) is 27.7 Å². The molecule has 0 aromatic heterocycles. The third-order valence-corrected chi connectivity index (χ3v) is 2.92. The minimum absolute atomic E-state index is 0.0567. The highest BCUT2D eigenvalue weighted by Gasteiger charge is 2.22. The number of benzene rings is 1. The molecule has 0 bridgehead atoms. The molecule has 1 rings (SSSR count). The van der Waals surface area contributed by atoms with Gasteiger partial charge in [-0.3, -0.25) is 4.79 Å². The molecule has 4 heteroatoms. The van der Waals surface area contributed by atoms with E-state index >= 15 is 0 Å². The lowest BCUT2D eigenvalue weighted by Gasteiger charge is -2.24. The van der Waals surface area contributed by atoms with Gasteiger partial charge in [0.15, 0.2) is 0 Å². The van der Waals surface area contributed by atoms with Crippen LogP contribution in [0.1, 0.15) is 31.9 Å². The molecule has 0 fully saturated rings. The van der Waals surface area contributed by atoms with Crippen LogP contribution in [0.15, 0.2) is 18.2 Å². The molecule has 0 radical (unpaired) electrons. The lowest BCUT2D eigenvalue weighted by molar-refractivity contribution is -0.126. The first kappa shape index (κ1) is 15.6. The van der Waals surface area contributed by atoms with Crippen molar-refractivity contribution in [2.24, 2.45) is 11.7 Å². The standard InChI is InChI=1S/C15H23FN2O/c1-10-7-13(16)6-5-11(10)8-12(9-17)14(19)18-15(2,3)4/h5-7,12H,8-9,17H2,1-4H3,(H,18,19). The van der Waals surface area contributed by atoms with Gasteiger partial charge in [-0.05, 0) is 57.4 Å². The van der Waals surface area contributed by atoms with E-state index in [0.29, 0.717) is 6.42 Å². The first-order valence-corrected chi connectivity index (χ1v) is 6.50. The van der Waals surface area contributed by atoms with Gasteiger partial charge in [0.05, 0.1) is 5.92 Å². The van der Waals surface area contributed by atoms with Crippen LogP contribution in [0, 0.1) is 18.7 Å². The van der Waals surface area contributed by atoms with Crippen molar-refractivity contribution in [2.75, 3.05) is 6.54 Å². The maximum absolute atomic E-state index is 13.0. The zero-order chi connectivity index (χ0) is 14.6. The molecule has 3 nitrogen and oxygen atoms in total. The minimum atomic E-state index is -0.289. The summed E-state index contributed by atoms with van der Waals surface area (Å²) in [5, 5.41) is 2.93. The highest BCUT2D eigenvalue weighted by molar-refractivity contribution is 5.79. The molecule has 0 saturated heterocycles. The van der Waals surface area contributed by atoms with Crippen LogP contribution in [-0.4, -0.2) is 18.0 Å². The second kappa shape index (κ2) is 6.15. The summed E-state index contributed by atoms with van der Waals surface area (Å²) in [7, 11) is 0. The number of amides is 1. The number of carbonyl (C=O) groups is 1. The molecule has 0 saturated carbocycles. The summed E-state index contributed by atoms with van der Waals surface area (Å²) in [5.41, 5.74) is 7.22. The molecular weight excluding hydrogens is 243 g/mol. The first-order chi connectivity index (χ1) is 8.73. The number of aryl methyl sites for hydroxylation is 1. The molecule has 3 N–H and O–H groups in total. The van der Waals surface area contributed by atoms with E-state index in [1.54, 1.807) is 6.07 Å². The fourth-order valence-corrected chi connectivity index (χ4v) is 1.91. The van der Waals surface area contributed by atoms with E-state index < -0.39 is 0 Å². The predicted molar refractivity (Wildman–Crippen MR) is 75.3 cm³/mol. The maximum Gasteiger partial charge on any atom is 0.225 e. The number of nitrogens with one attached hydrogen (secondary N) is 1. The van der Waals surface area contributed by atoms with Gasteiger partial charge in [0.2, 0.25) is 5.91 Å². The highest BCUT2D eigenvalue weighted by Crippen LogP contribution is 2.15. The lowest BCUT2D eigenvalue weighted by atomic mass is 9.94. The SMILES string of the molecule is Cc1cc(F)ccc1CC(CN)C(=O)NC(C)(C)C. The van der Waals surface area contributed by atoms with Crippen LogP contribution in [-0.2, 0) is 11.2 Å². The van der Waals surface area contributed by atoms with Crippen molar-refractivity contribution in [3.63, 3.8) is 0 Å². The van der Waals surface area contributed by atoms with E-state index in [-0.39, 0.29) is 29.7 Å². The first-order valence-electron chi connectivity index (χ1n) is 6.50. The smallest absolute Gasteiger partial charge is 0.225 e. The minimum Gasteiger partial charge on any atom is -0.351 e. The number of rotatable bonds is 4. The Morgan fingerprint density at radius 3 is 2.53 bits per heavy atom. The Balaban J connectivity index is 2.79. The summed E-state index contributed by atoms with van der Waals surface area (Å²) in [6.07, 6.45) is 0.532. The Morgan fingerprint density at radius 2 is 2.05 bits per heavy atom. The molecule has 1 atom stereocenters.